The Hall–Kier alpha value is -4.43. The van der Waals surface area contributed by atoms with Crippen molar-refractivity contribution in [2.45, 2.75) is 37.3 Å². The van der Waals surface area contributed by atoms with E-state index in [1.165, 1.54) is 32.2 Å². The lowest BCUT2D eigenvalue weighted by Gasteiger charge is -2.30. The van der Waals surface area contributed by atoms with Crippen LogP contribution in [0.15, 0.2) is 36.5 Å². The number of hydrogen-bond acceptors (Lipinski definition) is 7. The zero-order valence-corrected chi connectivity index (χ0v) is 24.6. The third-order valence-corrected chi connectivity index (χ3v) is 8.66. The minimum atomic E-state index is -2.91. The second-order valence-electron chi connectivity index (χ2n) is 11.3. The number of methoxy groups -OCH3 is 1. The van der Waals surface area contributed by atoms with E-state index in [0.29, 0.717) is 17.5 Å². The van der Waals surface area contributed by atoms with Crippen LogP contribution in [0.5, 0.6) is 11.5 Å². The Morgan fingerprint density at radius 3 is 2.62 bits per heavy atom. The molecule has 6 rings (SSSR count). The highest BCUT2D eigenvalue weighted by Crippen LogP contribution is 2.50. The zero-order valence-electron chi connectivity index (χ0n) is 23.8. The summed E-state index contributed by atoms with van der Waals surface area (Å²) < 4.78 is 67.6. The Morgan fingerprint density at radius 2 is 1.98 bits per heavy atom. The molecular formula is C30H26ClF4N5O5. The summed E-state index contributed by atoms with van der Waals surface area (Å²) in [6.07, 6.45) is 2.19. The van der Waals surface area contributed by atoms with Crippen LogP contribution in [0.1, 0.15) is 47.9 Å². The fourth-order valence-corrected chi connectivity index (χ4v) is 5.68. The Bertz CT molecular complexity index is 1880. The number of nitrogens with one attached hydrogen (secondary N) is 1. The fourth-order valence-electron chi connectivity index (χ4n) is 5.53. The lowest BCUT2D eigenvalue weighted by Crippen LogP contribution is -2.44. The number of fused-ring (bicyclic) bond motifs is 2. The summed E-state index contributed by atoms with van der Waals surface area (Å²) in [7, 11) is 1.31. The normalized spacial score (nSPS) is 18.9. The third-order valence-electron chi connectivity index (χ3n) is 8.37. The molecule has 2 aromatic heterocycles. The van der Waals surface area contributed by atoms with Crippen molar-refractivity contribution in [2.75, 3.05) is 20.3 Å². The van der Waals surface area contributed by atoms with Crippen LogP contribution in [0.4, 0.5) is 17.6 Å². The van der Waals surface area contributed by atoms with Gasteiger partial charge in [0.1, 0.15) is 52.0 Å². The van der Waals surface area contributed by atoms with Gasteiger partial charge in [-0.2, -0.15) is 13.9 Å². The highest BCUT2D eigenvalue weighted by atomic mass is 35.5. The quantitative estimate of drug-likeness (QED) is 0.178. The summed E-state index contributed by atoms with van der Waals surface area (Å²) in [5.41, 5.74) is 2.33. The van der Waals surface area contributed by atoms with Crippen LogP contribution in [0, 0.1) is 17.6 Å². The molecule has 2 aliphatic rings. The van der Waals surface area contributed by atoms with Crippen molar-refractivity contribution in [3.05, 3.63) is 70.0 Å². The van der Waals surface area contributed by atoms with E-state index in [1.54, 1.807) is 0 Å². The summed E-state index contributed by atoms with van der Waals surface area (Å²) in [6.45, 7) is -1.98. The van der Waals surface area contributed by atoms with Gasteiger partial charge in [-0.3, -0.25) is 9.59 Å². The second-order valence-corrected chi connectivity index (χ2v) is 11.8. The van der Waals surface area contributed by atoms with E-state index in [9.17, 15) is 27.9 Å². The topological polar surface area (TPSA) is 142 Å². The molecule has 0 bridgehead atoms. The molecular weight excluding hydrogens is 622 g/mol. The number of pyridine rings is 1. The largest absolute Gasteiger partial charge is 0.494 e. The van der Waals surface area contributed by atoms with E-state index in [2.05, 4.69) is 15.4 Å². The van der Waals surface area contributed by atoms with E-state index in [0.717, 1.165) is 18.3 Å². The lowest BCUT2D eigenvalue weighted by molar-refractivity contribution is -0.123. The molecule has 1 aliphatic carbocycles. The van der Waals surface area contributed by atoms with Gasteiger partial charge in [0.15, 0.2) is 0 Å². The van der Waals surface area contributed by atoms with Crippen molar-refractivity contribution in [1.82, 2.24) is 20.1 Å². The smallest absolute Gasteiger partial charge is 0.333 e. The summed E-state index contributed by atoms with van der Waals surface area (Å²) in [6, 6.07) is 5.73. The summed E-state index contributed by atoms with van der Waals surface area (Å²) in [4.78, 5) is 30.4. The molecule has 45 heavy (non-hydrogen) atoms. The number of benzene rings is 2. The number of aromatic nitrogens is 3. The van der Waals surface area contributed by atoms with Crippen LogP contribution in [-0.2, 0) is 15.8 Å². The van der Waals surface area contributed by atoms with Crippen molar-refractivity contribution in [1.29, 1.82) is 0 Å². The van der Waals surface area contributed by atoms with Crippen molar-refractivity contribution in [3.8, 4) is 22.8 Å². The van der Waals surface area contributed by atoms with E-state index >= 15 is 4.39 Å². The number of halogens is 5. The molecule has 0 radical (unpaired) electrons. The highest BCUT2D eigenvalue weighted by Gasteiger charge is 2.50. The number of nitrogens with two attached hydrogens (primary N) is 1. The number of alkyl halides is 2. The molecule has 2 aromatic carbocycles. The Morgan fingerprint density at radius 1 is 1.24 bits per heavy atom. The first kappa shape index (κ1) is 30.6. The molecule has 0 spiro atoms. The molecule has 2 atom stereocenters. The molecule has 1 saturated carbocycles. The average Bonchev–Trinajstić information content (AvgIpc) is 3.68. The van der Waals surface area contributed by atoms with Gasteiger partial charge in [-0.25, -0.2) is 18.4 Å². The van der Waals surface area contributed by atoms with Crippen LogP contribution >= 0.6 is 11.6 Å². The maximum Gasteiger partial charge on any atom is 0.333 e. The molecule has 1 unspecified atom stereocenters. The van der Waals surface area contributed by atoms with Gasteiger partial charge in [-0.1, -0.05) is 11.6 Å². The third kappa shape index (κ3) is 5.11. The molecule has 10 nitrogen and oxygen atoms in total. The monoisotopic (exact) mass is 647 g/mol. The number of primary amides is 1. The first-order chi connectivity index (χ1) is 21.3. The highest BCUT2D eigenvalue weighted by molar-refractivity contribution is 6.30. The van der Waals surface area contributed by atoms with Crippen molar-refractivity contribution >= 4 is 34.3 Å². The molecule has 3 heterocycles. The molecule has 1 fully saturated rings. The van der Waals surface area contributed by atoms with Gasteiger partial charge >= 0.3 is 6.55 Å². The molecule has 1 aliphatic heterocycles. The van der Waals surface area contributed by atoms with Crippen LogP contribution in [0.2, 0.25) is 5.02 Å². The Kier molecular flexibility index (Phi) is 7.39. The van der Waals surface area contributed by atoms with Gasteiger partial charge in [0.25, 0.3) is 5.91 Å². The standard InChI is InChI=1S/C30H26ClF4N5O5/c1-29(27(36)42)12-45-25-17(29)8-22(38-24(25)16-7-20(33)18(31)9-19(16)32)30(43,15-3-4-15)11-37-26(41)13-5-14-10-40(28(34)35)39-23(14)21(6-13)44-2/h5-10,15,28,43H,3-4,11-12H2,1-2H3,(H2,36,42)(H,37,41)/t29-,30?/m0/s1. The Balaban J connectivity index is 1.41. The fraction of sp³-hybridized carbons (Fsp3) is 0.333. The van der Waals surface area contributed by atoms with Crippen LogP contribution < -0.4 is 20.5 Å². The van der Waals surface area contributed by atoms with Crippen LogP contribution in [0.25, 0.3) is 22.2 Å². The maximum atomic E-state index is 15.2. The molecule has 4 aromatic rings. The zero-order chi connectivity index (χ0) is 32.4. The lowest BCUT2D eigenvalue weighted by atomic mass is 9.81. The van der Waals surface area contributed by atoms with Crippen molar-refractivity contribution < 1.29 is 41.7 Å². The van der Waals surface area contributed by atoms with Gasteiger partial charge < -0.3 is 25.6 Å². The number of aliphatic hydroxyl groups is 1. The summed E-state index contributed by atoms with van der Waals surface area (Å²) in [5, 5.41) is 18.3. The number of amides is 2. The van der Waals surface area contributed by atoms with Gasteiger partial charge in [0.05, 0.1) is 24.4 Å². The molecule has 2 amide bonds. The van der Waals surface area contributed by atoms with Gasteiger partial charge in [0.2, 0.25) is 5.91 Å². The first-order valence-corrected chi connectivity index (χ1v) is 14.1. The first-order valence-electron chi connectivity index (χ1n) is 13.8. The number of hydrogen-bond donors (Lipinski definition) is 3. The van der Waals surface area contributed by atoms with Crippen molar-refractivity contribution in [3.63, 3.8) is 0 Å². The predicted molar refractivity (Wildman–Crippen MR) is 153 cm³/mol. The second kappa shape index (κ2) is 10.9. The number of rotatable bonds is 9. The summed E-state index contributed by atoms with van der Waals surface area (Å²) in [5.74, 6) is -3.60. The summed E-state index contributed by atoms with van der Waals surface area (Å²) >= 11 is 5.76. The maximum absolute atomic E-state index is 15.2. The number of carbonyl (C=O) groups is 2. The molecule has 4 N–H and O–H groups in total. The molecule has 0 saturated heterocycles. The Labute approximate surface area is 258 Å². The number of ether oxygens (including phenoxy) is 2. The number of carbonyl (C=O) groups excluding carboxylic acids is 2. The van der Waals surface area contributed by atoms with Gasteiger partial charge in [-0.15, -0.1) is 0 Å². The van der Waals surface area contributed by atoms with Gasteiger partial charge in [0, 0.05) is 28.3 Å². The minimum absolute atomic E-state index is 0.00686. The SMILES string of the molecule is COc1cc(C(=O)NCC(O)(c2cc3c(c(-c4cc(F)c(Cl)cc4F)n2)OC[C@]3(C)C(N)=O)C2CC2)cc2cn(C(F)F)nc12. The average molecular weight is 648 g/mol. The molecule has 236 valence electrons. The van der Waals surface area contributed by atoms with Gasteiger partial charge in [-0.05, 0) is 56.0 Å². The molecule has 15 heteroatoms. The van der Waals surface area contributed by atoms with E-state index in [4.69, 9.17) is 26.8 Å². The minimum Gasteiger partial charge on any atom is -0.494 e. The van der Waals surface area contributed by atoms with E-state index in [-0.39, 0.29) is 63.6 Å². The number of nitrogens with zero attached hydrogens (tertiary/aromatic N) is 3. The van der Waals surface area contributed by atoms with Crippen LogP contribution in [0.3, 0.4) is 0 Å². The van der Waals surface area contributed by atoms with E-state index < -0.39 is 52.0 Å². The van der Waals surface area contributed by atoms with Crippen LogP contribution in [-0.4, -0.2) is 51.9 Å². The van der Waals surface area contributed by atoms with E-state index in [1.807, 2.05) is 0 Å². The van der Waals surface area contributed by atoms with Crippen molar-refractivity contribution in [2.24, 2.45) is 11.7 Å². The predicted octanol–water partition coefficient (Wildman–Crippen LogP) is 4.60.